The number of carbonyl (C=O) groups excluding carboxylic acids is 1. The topological polar surface area (TPSA) is 34.9 Å². The molecule has 4 rings (SSSR count). The van der Waals surface area contributed by atoms with Crippen LogP contribution in [-0.4, -0.2) is 15.3 Å². The molecule has 1 heterocycles. The van der Waals surface area contributed by atoms with Crippen molar-refractivity contribution in [2.75, 3.05) is 0 Å². The minimum atomic E-state index is -0.284. The van der Waals surface area contributed by atoms with Gasteiger partial charge in [0.1, 0.15) is 11.6 Å². The highest BCUT2D eigenvalue weighted by atomic mass is 19.1. The summed E-state index contributed by atoms with van der Waals surface area (Å²) in [5.41, 5.74) is 6.49. The first-order valence-corrected chi connectivity index (χ1v) is 11.2. The maximum Gasteiger partial charge on any atom is 0.160 e. The Kier molecular flexibility index (Phi) is 7.12. The number of ketones is 1. The number of hydrogen-bond donors (Lipinski definition) is 0. The van der Waals surface area contributed by atoms with Crippen LogP contribution < -0.4 is 0 Å². The van der Waals surface area contributed by atoms with Gasteiger partial charge in [0.05, 0.1) is 6.33 Å². The molecule has 0 aliphatic carbocycles. The van der Waals surface area contributed by atoms with Crippen LogP contribution in [0.25, 0.3) is 11.6 Å². The van der Waals surface area contributed by atoms with Gasteiger partial charge in [-0.05, 0) is 77.9 Å². The molecule has 5 heteroatoms. The summed E-state index contributed by atoms with van der Waals surface area (Å²) >= 11 is 0. The molecule has 0 fully saturated rings. The second-order valence-corrected chi connectivity index (χ2v) is 8.45. The van der Waals surface area contributed by atoms with Crippen molar-refractivity contribution in [2.24, 2.45) is 7.05 Å². The minimum Gasteiger partial charge on any atom is -0.337 e. The number of halogens is 2. The predicted octanol–water partition coefficient (Wildman–Crippen LogP) is 6.47. The molecule has 0 N–H and O–H groups in total. The fourth-order valence-electron chi connectivity index (χ4n) is 4.01. The van der Waals surface area contributed by atoms with Crippen LogP contribution in [0.4, 0.5) is 8.78 Å². The third-order valence-corrected chi connectivity index (χ3v) is 5.95. The average Bonchev–Trinajstić information content (AvgIpc) is 3.23. The zero-order valence-corrected chi connectivity index (χ0v) is 19.3. The third kappa shape index (κ3) is 5.73. The zero-order chi connectivity index (χ0) is 24.1. The lowest BCUT2D eigenvalue weighted by Crippen LogP contribution is -2.03. The Morgan fingerprint density at radius 2 is 1.62 bits per heavy atom. The van der Waals surface area contributed by atoms with Crippen LogP contribution in [0, 0.1) is 11.6 Å². The molecule has 0 unspecified atom stereocenters. The summed E-state index contributed by atoms with van der Waals surface area (Å²) in [5.74, 6) is -0.542. The first-order valence-electron chi connectivity index (χ1n) is 11.2. The Morgan fingerprint density at radius 3 is 2.24 bits per heavy atom. The lowest BCUT2D eigenvalue weighted by molar-refractivity contribution is 0.101. The van der Waals surface area contributed by atoms with Crippen LogP contribution in [0.15, 0.2) is 79.3 Å². The number of hydrogen-bond acceptors (Lipinski definition) is 2. The molecule has 0 bridgehead atoms. The Balaban J connectivity index is 1.65. The number of Topliss-reactive ketones (excluding diaryl/α,β-unsaturated/α-hetero) is 1. The van der Waals surface area contributed by atoms with Crippen LogP contribution >= 0.6 is 0 Å². The smallest absolute Gasteiger partial charge is 0.160 e. The highest BCUT2D eigenvalue weighted by Crippen LogP contribution is 2.25. The predicted molar refractivity (Wildman–Crippen MR) is 131 cm³/mol. The van der Waals surface area contributed by atoms with Crippen molar-refractivity contribution >= 4 is 17.4 Å². The number of carbonyl (C=O) groups is 1. The molecular weight excluding hydrogens is 430 g/mol. The molecule has 4 aromatic rings. The molecule has 0 amide bonds. The molecule has 3 aromatic carbocycles. The van der Waals surface area contributed by atoms with Gasteiger partial charge in [-0.15, -0.1) is 0 Å². The van der Waals surface area contributed by atoms with Crippen LogP contribution in [0.2, 0.25) is 0 Å². The third-order valence-electron chi connectivity index (χ3n) is 5.95. The van der Waals surface area contributed by atoms with Crippen molar-refractivity contribution in [2.45, 2.75) is 26.2 Å². The molecule has 1 aromatic heterocycles. The number of rotatable bonds is 8. The molecule has 0 aliphatic heterocycles. The van der Waals surface area contributed by atoms with Gasteiger partial charge in [0.15, 0.2) is 5.78 Å². The van der Waals surface area contributed by atoms with Gasteiger partial charge in [0, 0.05) is 30.9 Å². The van der Waals surface area contributed by atoms with E-state index in [1.807, 2.05) is 42.1 Å². The fraction of sp³-hybridized carbons (Fsp3) is 0.172. The van der Waals surface area contributed by atoms with Crippen molar-refractivity contribution < 1.29 is 13.6 Å². The maximum absolute atomic E-state index is 13.5. The summed E-state index contributed by atoms with van der Waals surface area (Å²) in [6.07, 6.45) is 7.63. The molecular formula is C29H26F2N2O. The van der Waals surface area contributed by atoms with Gasteiger partial charge >= 0.3 is 0 Å². The van der Waals surface area contributed by atoms with E-state index in [1.165, 1.54) is 24.3 Å². The summed E-state index contributed by atoms with van der Waals surface area (Å²) in [7, 11) is 1.94. The Labute approximate surface area is 198 Å². The van der Waals surface area contributed by atoms with Crippen molar-refractivity contribution in [3.05, 3.63) is 124 Å². The monoisotopic (exact) mass is 456 g/mol. The van der Waals surface area contributed by atoms with E-state index in [2.05, 4.69) is 4.98 Å². The first kappa shape index (κ1) is 23.3. The number of allylic oxidation sites excluding steroid dienone is 1. The van der Waals surface area contributed by atoms with Gasteiger partial charge in [0.2, 0.25) is 0 Å². The zero-order valence-electron chi connectivity index (χ0n) is 19.3. The highest BCUT2D eigenvalue weighted by molar-refractivity contribution is 5.96. The normalized spacial score (nSPS) is 11.6. The molecule has 34 heavy (non-hydrogen) atoms. The number of imidazole rings is 1. The summed E-state index contributed by atoms with van der Waals surface area (Å²) in [4.78, 5) is 16.6. The van der Waals surface area contributed by atoms with E-state index < -0.39 is 0 Å². The largest absolute Gasteiger partial charge is 0.337 e. The molecule has 0 atom stereocenters. The maximum atomic E-state index is 13.5. The van der Waals surface area contributed by atoms with E-state index in [9.17, 15) is 13.6 Å². The second kappa shape index (κ2) is 10.4. The van der Waals surface area contributed by atoms with Crippen molar-refractivity contribution in [3.63, 3.8) is 0 Å². The SMILES string of the molecule is CC(=O)c1cc(/C=C(\Cc2cncn2C)c2ccc(F)cc2)ccc1CCc1ccc(F)cc1. The first-order chi connectivity index (χ1) is 16.4. The van der Waals surface area contributed by atoms with Crippen LogP contribution in [0.3, 0.4) is 0 Å². The van der Waals surface area contributed by atoms with E-state index in [0.717, 1.165) is 39.9 Å². The standard InChI is InChI=1S/C29H26F2N2O/c1-20(34)29-16-22(4-8-24(29)7-3-21-5-11-26(30)12-6-21)15-25(17-28-18-32-19-33(28)2)23-9-13-27(31)14-10-23/h4-6,8-16,18-19H,3,7,17H2,1-2H3/b25-15+. The Bertz CT molecular complexity index is 1320. The average molecular weight is 457 g/mol. The van der Waals surface area contributed by atoms with Gasteiger partial charge in [-0.3, -0.25) is 4.79 Å². The highest BCUT2D eigenvalue weighted by Gasteiger charge is 2.11. The fourth-order valence-corrected chi connectivity index (χ4v) is 4.01. The van der Waals surface area contributed by atoms with Crippen molar-refractivity contribution in [3.8, 4) is 0 Å². The lowest BCUT2D eigenvalue weighted by atomic mass is 9.93. The van der Waals surface area contributed by atoms with E-state index >= 15 is 0 Å². The number of nitrogens with zero attached hydrogens (tertiary/aromatic N) is 2. The van der Waals surface area contributed by atoms with Crippen LogP contribution in [0.5, 0.6) is 0 Å². The van der Waals surface area contributed by atoms with E-state index in [0.29, 0.717) is 18.4 Å². The van der Waals surface area contributed by atoms with E-state index in [-0.39, 0.29) is 17.4 Å². The van der Waals surface area contributed by atoms with Crippen molar-refractivity contribution in [1.82, 2.24) is 9.55 Å². The molecule has 0 radical (unpaired) electrons. The number of aryl methyl sites for hydroxylation is 3. The van der Waals surface area contributed by atoms with Gasteiger partial charge in [0.25, 0.3) is 0 Å². The number of benzene rings is 3. The molecule has 0 saturated carbocycles. The van der Waals surface area contributed by atoms with Gasteiger partial charge in [-0.25, -0.2) is 13.8 Å². The molecule has 0 spiro atoms. The molecule has 172 valence electrons. The van der Waals surface area contributed by atoms with Gasteiger partial charge in [-0.1, -0.05) is 42.5 Å². The van der Waals surface area contributed by atoms with Crippen LogP contribution in [-0.2, 0) is 26.3 Å². The van der Waals surface area contributed by atoms with Crippen molar-refractivity contribution in [1.29, 1.82) is 0 Å². The molecule has 0 aliphatic rings. The quantitative estimate of drug-likeness (QED) is 0.225. The van der Waals surface area contributed by atoms with Gasteiger partial charge in [-0.2, -0.15) is 0 Å². The second-order valence-electron chi connectivity index (χ2n) is 8.45. The summed E-state index contributed by atoms with van der Waals surface area (Å²) in [6, 6.07) is 18.8. The molecule has 0 saturated heterocycles. The van der Waals surface area contributed by atoms with Crippen LogP contribution in [0.1, 0.15) is 45.2 Å². The lowest BCUT2D eigenvalue weighted by Gasteiger charge is -2.12. The van der Waals surface area contributed by atoms with E-state index in [1.54, 1.807) is 37.5 Å². The van der Waals surface area contributed by atoms with Gasteiger partial charge < -0.3 is 4.57 Å². The Morgan fingerprint density at radius 1 is 0.941 bits per heavy atom. The van der Waals surface area contributed by atoms with E-state index in [4.69, 9.17) is 0 Å². The summed E-state index contributed by atoms with van der Waals surface area (Å²) in [6.45, 7) is 1.57. The minimum absolute atomic E-state index is 0.000627. The summed E-state index contributed by atoms with van der Waals surface area (Å²) in [5, 5.41) is 0. The summed E-state index contributed by atoms with van der Waals surface area (Å²) < 4.78 is 28.7. The number of aromatic nitrogens is 2. The Hall–Kier alpha value is -3.86. The molecule has 3 nitrogen and oxygen atoms in total.